The van der Waals surface area contributed by atoms with Gasteiger partial charge in [-0.15, -0.1) is 0 Å². The molecule has 19 heavy (non-hydrogen) atoms. The molecule has 0 unspecified atom stereocenters. The van der Waals surface area contributed by atoms with Crippen molar-refractivity contribution in [2.45, 2.75) is 0 Å². The van der Waals surface area contributed by atoms with Crippen LogP contribution in [0, 0.1) is 3.57 Å². The molecule has 2 aromatic rings. The van der Waals surface area contributed by atoms with Crippen molar-refractivity contribution in [3.05, 3.63) is 56.1 Å². The summed E-state index contributed by atoms with van der Waals surface area (Å²) in [5.41, 5.74) is 1.32. The minimum Gasteiger partial charge on any atom is -0.497 e. The predicted octanol–water partition coefficient (Wildman–Crippen LogP) is 4.31. The van der Waals surface area contributed by atoms with Crippen LogP contribution in [-0.4, -0.2) is 13.0 Å². The molecule has 5 heteroatoms. The first-order chi connectivity index (χ1) is 9.08. The van der Waals surface area contributed by atoms with Gasteiger partial charge in [-0.1, -0.05) is 22.0 Å². The Hall–Kier alpha value is -1.08. The van der Waals surface area contributed by atoms with Gasteiger partial charge in [0.15, 0.2) is 0 Å². The van der Waals surface area contributed by atoms with Crippen LogP contribution in [0.4, 0.5) is 5.69 Å². The number of carbonyl (C=O) groups excluding carboxylic acids is 1. The Labute approximate surface area is 133 Å². The number of benzene rings is 2. The van der Waals surface area contributed by atoms with Crippen LogP contribution in [0.1, 0.15) is 10.4 Å². The lowest BCUT2D eigenvalue weighted by Crippen LogP contribution is -2.12. The Morgan fingerprint density at radius 2 is 2.05 bits per heavy atom. The molecule has 0 heterocycles. The second-order valence-corrected chi connectivity index (χ2v) is 6.01. The highest BCUT2D eigenvalue weighted by atomic mass is 127. The zero-order chi connectivity index (χ0) is 13.8. The quantitative estimate of drug-likeness (QED) is 0.735. The number of carbonyl (C=O) groups is 1. The maximum absolute atomic E-state index is 12.1. The fraction of sp³-hybridized carbons (Fsp3) is 0.0714. The summed E-state index contributed by atoms with van der Waals surface area (Å²) >= 11 is 5.56. The van der Waals surface area contributed by atoms with E-state index in [2.05, 4.69) is 43.8 Å². The van der Waals surface area contributed by atoms with E-state index in [-0.39, 0.29) is 5.91 Å². The molecule has 1 N–H and O–H groups in total. The third-order valence-electron chi connectivity index (χ3n) is 2.45. The average molecular weight is 432 g/mol. The highest BCUT2D eigenvalue weighted by molar-refractivity contribution is 14.1. The van der Waals surface area contributed by atoms with E-state index in [0.717, 1.165) is 8.04 Å². The normalized spacial score (nSPS) is 10.1. The van der Waals surface area contributed by atoms with Gasteiger partial charge in [0.1, 0.15) is 5.75 Å². The highest BCUT2D eigenvalue weighted by Gasteiger charge is 2.07. The summed E-state index contributed by atoms with van der Waals surface area (Å²) in [5, 5.41) is 2.85. The van der Waals surface area contributed by atoms with Crippen molar-refractivity contribution < 1.29 is 9.53 Å². The summed E-state index contributed by atoms with van der Waals surface area (Å²) < 4.78 is 7.04. The molecule has 0 radical (unpaired) electrons. The first kappa shape index (κ1) is 14.3. The molecule has 0 saturated carbocycles. The molecule has 0 spiro atoms. The Kier molecular flexibility index (Phi) is 4.81. The molecule has 0 aliphatic carbocycles. The van der Waals surface area contributed by atoms with E-state index in [0.29, 0.717) is 17.0 Å². The van der Waals surface area contributed by atoms with Crippen LogP contribution in [0.25, 0.3) is 0 Å². The molecular formula is C14H11BrINO2. The molecule has 3 nitrogen and oxygen atoms in total. The van der Waals surface area contributed by atoms with Crippen LogP contribution in [0.15, 0.2) is 46.9 Å². The summed E-state index contributed by atoms with van der Waals surface area (Å²) in [4.78, 5) is 12.1. The van der Waals surface area contributed by atoms with E-state index in [4.69, 9.17) is 4.74 Å². The van der Waals surface area contributed by atoms with Crippen molar-refractivity contribution in [2.24, 2.45) is 0 Å². The van der Waals surface area contributed by atoms with Crippen LogP contribution in [0.5, 0.6) is 5.75 Å². The van der Waals surface area contributed by atoms with Crippen LogP contribution < -0.4 is 10.1 Å². The Morgan fingerprint density at radius 3 is 2.74 bits per heavy atom. The zero-order valence-electron chi connectivity index (χ0n) is 10.1. The van der Waals surface area contributed by atoms with E-state index < -0.39 is 0 Å². The van der Waals surface area contributed by atoms with Crippen molar-refractivity contribution in [1.82, 2.24) is 0 Å². The Balaban J connectivity index is 2.21. The number of rotatable bonds is 3. The van der Waals surface area contributed by atoms with E-state index >= 15 is 0 Å². The van der Waals surface area contributed by atoms with Crippen LogP contribution in [0.2, 0.25) is 0 Å². The average Bonchev–Trinajstić information content (AvgIpc) is 2.38. The SMILES string of the molecule is COc1cc(Br)cc(NC(=O)c2cccc(I)c2)c1. The van der Waals surface area contributed by atoms with Gasteiger partial charge in [-0.05, 0) is 52.9 Å². The number of methoxy groups -OCH3 is 1. The Bertz CT molecular complexity index is 616. The molecule has 0 fully saturated rings. The molecule has 1 amide bonds. The third kappa shape index (κ3) is 3.94. The summed E-state index contributed by atoms with van der Waals surface area (Å²) in [6, 6.07) is 12.9. The standard InChI is InChI=1S/C14H11BrINO2/c1-19-13-7-10(15)6-12(8-13)17-14(18)9-3-2-4-11(16)5-9/h2-8H,1H3,(H,17,18). The van der Waals surface area contributed by atoms with Gasteiger partial charge >= 0.3 is 0 Å². The molecule has 0 aliphatic rings. The van der Waals surface area contributed by atoms with Crippen LogP contribution in [-0.2, 0) is 0 Å². The number of hydrogen-bond donors (Lipinski definition) is 1. The van der Waals surface area contributed by atoms with Crippen molar-refractivity contribution in [3.63, 3.8) is 0 Å². The number of halogens is 2. The van der Waals surface area contributed by atoms with Gasteiger partial charge in [0.05, 0.1) is 7.11 Å². The number of nitrogens with one attached hydrogen (secondary N) is 1. The molecular weight excluding hydrogens is 421 g/mol. The lowest BCUT2D eigenvalue weighted by atomic mass is 10.2. The number of ether oxygens (including phenoxy) is 1. The molecule has 2 rings (SSSR count). The lowest BCUT2D eigenvalue weighted by molar-refractivity contribution is 0.102. The number of anilines is 1. The molecule has 0 aliphatic heterocycles. The van der Waals surface area contributed by atoms with Crippen molar-refractivity contribution >= 4 is 50.1 Å². The highest BCUT2D eigenvalue weighted by Crippen LogP contribution is 2.25. The van der Waals surface area contributed by atoms with Gasteiger partial charge < -0.3 is 10.1 Å². The van der Waals surface area contributed by atoms with Gasteiger partial charge in [-0.3, -0.25) is 4.79 Å². The monoisotopic (exact) mass is 431 g/mol. The van der Waals surface area contributed by atoms with Crippen LogP contribution in [0.3, 0.4) is 0 Å². The minimum absolute atomic E-state index is 0.140. The smallest absolute Gasteiger partial charge is 0.255 e. The largest absolute Gasteiger partial charge is 0.497 e. The van der Waals surface area contributed by atoms with E-state index in [9.17, 15) is 4.79 Å². The van der Waals surface area contributed by atoms with Crippen LogP contribution >= 0.6 is 38.5 Å². The van der Waals surface area contributed by atoms with Crippen molar-refractivity contribution in [3.8, 4) is 5.75 Å². The van der Waals surface area contributed by atoms with E-state index in [1.807, 2.05) is 30.3 Å². The van der Waals surface area contributed by atoms with Gasteiger partial charge in [-0.2, -0.15) is 0 Å². The summed E-state index contributed by atoms with van der Waals surface area (Å²) in [6.07, 6.45) is 0. The number of hydrogen-bond acceptors (Lipinski definition) is 2. The second-order valence-electron chi connectivity index (χ2n) is 3.84. The summed E-state index contributed by atoms with van der Waals surface area (Å²) in [7, 11) is 1.59. The second kappa shape index (κ2) is 6.38. The van der Waals surface area contributed by atoms with E-state index in [1.54, 1.807) is 19.2 Å². The first-order valence-electron chi connectivity index (χ1n) is 5.50. The summed E-state index contributed by atoms with van der Waals surface area (Å²) in [5.74, 6) is 0.547. The predicted molar refractivity (Wildman–Crippen MR) is 87.8 cm³/mol. The Morgan fingerprint density at radius 1 is 1.26 bits per heavy atom. The van der Waals surface area contributed by atoms with E-state index in [1.165, 1.54) is 0 Å². The molecule has 2 aromatic carbocycles. The third-order valence-corrected chi connectivity index (χ3v) is 3.58. The van der Waals surface area contributed by atoms with Gasteiger partial charge in [-0.25, -0.2) is 0 Å². The van der Waals surface area contributed by atoms with Crippen molar-refractivity contribution in [1.29, 1.82) is 0 Å². The molecule has 98 valence electrons. The zero-order valence-corrected chi connectivity index (χ0v) is 13.9. The van der Waals surface area contributed by atoms with Gasteiger partial charge in [0, 0.05) is 25.4 Å². The van der Waals surface area contributed by atoms with Gasteiger partial charge in [0.25, 0.3) is 5.91 Å². The first-order valence-corrected chi connectivity index (χ1v) is 7.37. The minimum atomic E-state index is -0.140. The molecule has 0 aromatic heterocycles. The maximum atomic E-state index is 12.1. The summed E-state index contributed by atoms with van der Waals surface area (Å²) in [6.45, 7) is 0. The fourth-order valence-electron chi connectivity index (χ4n) is 1.59. The maximum Gasteiger partial charge on any atom is 0.255 e. The topological polar surface area (TPSA) is 38.3 Å². The lowest BCUT2D eigenvalue weighted by Gasteiger charge is -2.08. The molecule has 0 bridgehead atoms. The molecule has 0 atom stereocenters. The van der Waals surface area contributed by atoms with Gasteiger partial charge in [0.2, 0.25) is 0 Å². The number of amides is 1. The fourth-order valence-corrected chi connectivity index (χ4v) is 2.60. The molecule has 0 saturated heterocycles. The van der Waals surface area contributed by atoms with Crippen molar-refractivity contribution in [2.75, 3.05) is 12.4 Å².